The fraction of sp³-hybridized carbons (Fsp3) is 0.750. The molecular weight excluding hydrogens is 284 g/mol. The third-order valence-corrected chi connectivity index (χ3v) is 4.62. The largest absolute Gasteiger partial charge is 0.448 e. The number of carbonyl (C=O) groups excluding carboxylic acids is 1. The first kappa shape index (κ1) is 17.0. The molecule has 0 saturated carbocycles. The SMILES string of the molecule is CCC(CC)(CNC(=O)c1coc(C2CCOCC2)n1)OC. The number of ether oxygens (including phenoxy) is 2. The van der Waals surface area contributed by atoms with E-state index < -0.39 is 0 Å². The molecule has 1 amide bonds. The van der Waals surface area contributed by atoms with Crippen LogP contribution < -0.4 is 5.32 Å². The number of aromatic nitrogens is 1. The Labute approximate surface area is 131 Å². The van der Waals surface area contributed by atoms with Crippen LogP contribution in [-0.4, -0.2) is 43.4 Å². The molecule has 0 aromatic carbocycles. The van der Waals surface area contributed by atoms with Crippen molar-refractivity contribution >= 4 is 5.91 Å². The van der Waals surface area contributed by atoms with Crippen molar-refractivity contribution in [3.63, 3.8) is 0 Å². The van der Waals surface area contributed by atoms with Crippen LogP contribution in [-0.2, 0) is 9.47 Å². The number of nitrogens with one attached hydrogen (secondary N) is 1. The molecule has 6 heteroatoms. The standard InChI is InChI=1S/C16H26N2O4/c1-4-16(5-2,20-3)11-17-14(19)13-10-22-15(18-13)12-6-8-21-9-7-12/h10,12H,4-9,11H2,1-3H3,(H,17,19). The molecule has 1 aromatic rings. The molecule has 0 aliphatic carbocycles. The third kappa shape index (κ3) is 3.87. The maximum absolute atomic E-state index is 12.2. The highest BCUT2D eigenvalue weighted by Crippen LogP contribution is 2.26. The van der Waals surface area contributed by atoms with Gasteiger partial charge in [-0.15, -0.1) is 0 Å². The molecule has 1 aliphatic rings. The summed E-state index contributed by atoms with van der Waals surface area (Å²) in [5, 5.41) is 2.90. The van der Waals surface area contributed by atoms with E-state index in [1.54, 1.807) is 7.11 Å². The Morgan fingerprint density at radius 2 is 2.09 bits per heavy atom. The Morgan fingerprint density at radius 3 is 2.68 bits per heavy atom. The molecule has 0 atom stereocenters. The van der Waals surface area contributed by atoms with Crippen molar-refractivity contribution in [2.24, 2.45) is 0 Å². The maximum atomic E-state index is 12.2. The van der Waals surface area contributed by atoms with E-state index >= 15 is 0 Å². The highest BCUT2D eigenvalue weighted by molar-refractivity contribution is 5.91. The second kappa shape index (κ2) is 7.74. The van der Waals surface area contributed by atoms with Gasteiger partial charge in [-0.1, -0.05) is 13.8 Å². The molecule has 0 bridgehead atoms. The zero-order valence-corrected chi connectivity index (χ0v) is 13.7. The number of amides is 1. The molecule has 1 N–H and O–H groups in total. The number of hydrogen-bond donors (Lipinski definition) is 1. The normalized spacial score (nSPS) is 16.7. The van der Waals surface area contributed by atoms with Gasteiger partial charge in [0.2, 0.25) is 0 Å². The van der Waals surface area contributed by atoms with Gasteiger partial charge in [0, 0.05) is 32.8 Å². The average molecular weight is 310 g/mol. The van der Waals surface area contributed by atoms with E-state index in [-0.39, 0.29) is 17.4 Å². The van der Waals surface area contributed by atoms with Gasteiger partial charge in [0.15, 0.2) is 11.6 Å². The summed E-state index contributed by atoms with van der Waals surface area (Å²) >= 11 is 0. The summed E-state index contributed by atoms with van der Waals surface area (Å²) in [7, 11) is 1.68. The quantitative estimate of drug-likeness (QED) is 0.837. The Kier molecular flexibility index (Phi) is 5.97. The average Bonchev–Trinajstić information content (AvgIpc) is 3.07. The highest BCUT2D eigenvalue weighted by Gasteiger charge is 2.27. The molecule has 0 spiro atoms. The van der Waals surface area contributed by atoms with Crippen molar-refractivity contribution in [2.75, 3.05) is 26.9 Å². The number of carbonyl (C=O) groups is 1. The maximum Gasteiger partial charge on any atom is 0.273 e. The Bertz CT molecular complexity index is 468. The van der Waals surface area contributed by atoms with Crippen molar-refractivity contribution in [1.82, 2.24) is 10.3 Å². The van der Waals surface area contributed by atoms with Crippen LogP contribution in [0.1, 0.15) is 61.8 Å². The van der Waals surface area contributed by atoms with Gasteiger partial charge in [0.1, 0.15) is 6.26 Å². The molecule has 1 aromatic heterocycles. The van der Waals surface area contributed by atoms with Crippen LogP contribution in [0.4, 0.5) is 0 Å². The van der Waals surface area contributed by atoms with Gasteiger partial charge in [0.25, 0.3) is 5.91 Å². The summed E-state index contributed by atoms with van der Waals surface area (Å²) in [6.07, 6.45) is 4.89. The summed E-state index contributed by atoms with van der Waals surface area (Å²) < 4.78 is 16.4. The van der Waals surface area contributed by atoms with Gasteiger partial charge in [-0.3, -0.25) is 4.79 Å². The molecule has 22 heavy (non-hydrogen) atoms. The minimum absolute atomic E-state index is 0.217. The molecular formula is C16H26N2O4. The number of rotatable bonds is 7. The van der Waals surface area contributed by atoms with Crippen LogP contribution in [0.2, 0.25) is 0 Å². The first-order valence-corrected chi connectivity index (χ1v) is 8.00. The zero-order valence-electron chi connectivity index (χ0n) is 13.7. The van der Waals surface area contributed by atoms with Crippen molar-refractivity contribution < 1.29 is 18.7 Å². The van der Waals surface area contributed by atoms with Gasteiger partial charge in [-0.2, -0.15) is 0 Å². The van der Waals surface area contributed by atoms with Crippen LogP contribution in [0.5, 0.6) is 0 Å². The Balaban J connectivity index is 1.94. The Morgan fingerprint density at radius 1 is 1.41 bits per heavy atom. The van der Waals surface area contributed by atoms with Gasteiger partial charge in [0.05, 0.1) is 5.60 Å². The van der Waals surface area contributed by atoms with Gasteiger partial charge in [-0.25, -0.2) is 4.98 Å². The number of methoxy groups -OCH3 is 1. The molecule has 124 valence electrons. The predicted molar refractivity (Wildman–Crippen MR) is 82.0 cm³/mol. The van der Waals surface area contributed by atoms with Crippen LogP contribution >= 0.6 is 0 Å². The van der Waals surface area contributed by atoms with Crippen LogP contribution in [0.3, 0.4) is 0 Å². The lowest BCUT2D eigenvalue weighted by molar-refractivity contribution is -0.0147. The molecule has 1 saturated heterocycles. The topological polar surface area (TPSA) is 73.6 Å². The lowest BCUT2D eigenvalue weighted by Gasteiger charge is -2.30. The third-order valence-electron chi connectivity index (χ3n) is 4.62. The van der Waals surface area contributed by atoms with E-state index in [9.17, 15) is 4.79 Å². The lowest BCUT2D eigenvalue weighted by atomic mass is 9.97. The van der Waals surface area contributed by atoms with E-state index in [0.29, 0.717) is 18.1 Å². The van der Waals surface area contributed by atoms with Crippen molar-refractivity contribution in [3.05, 3.63) is 17.8 Å². The monoisotopic (exact) mass is 310 g/mol. The second-order valence-electron chi connectivity index (χ2n) is 5.73. The fourth-order valence-electron chi connectivity index (χ4n) is 2.72. The first-order chi connectivity index (χ1) is 10.6. The highest BCUT2D eigenvalue weighted by atomic mass is 16.5. The number of hydrogen-bond acceptors (Lipinski definition) is 5. The van der Waals surface area contributed by atoms with E-state index in [1.807, 2.05) is 0 Å². The van der Waals surface area contributed by atoms with E-state index in [4.69, 9.17) is 13.9 Å². The molecule has 6 nitrogen and oxygen atoms in total. The summed E-state index contributed by atoms with van der Waals surface area (Å²) in [6.45, 7) is 6.02. The van der Waals surface area contributed by atoms with Crippen LogP contribution in [0.15, 0.2) is 10.7 Å². The van der Waals surface area contributed by atoms with Crippen molar-refractivity contribution in [2.45, 2.75) is 51.0 Å². The molecule has 0 unspecified atom stereocenters. The van der Waals surface area contributed by atoms with Crippen LogP contribution in [0.25, 0.3) is 0 Å². The lowest BCUT2D eigenvalue weighted by Crippen LogP contribution is -2.43. The van der Waals surface area contributed by atoms with Gasteiger partial charge >= 0.3 is 0 Å². The second-order valence-corrected chi connectivity index (χ2v) is 5.73. The molecule has 2 rings (SSSR count). The molecule has 1 fully saturated rings. The minimum atomic E-state index is -0.317. The van der Waals surface area contributed by atoms with Gasteiger partial charge in [-0.05, 0) is 25.7 Å². The molecule has 1 aliphatic heterocycles. The minimum Gasteiger partial charge on any atom is -0.448 e. The molecule has 2 heterocycles. The summed E-state index contributed by atoms with van der Waals surface area (Å²) in [5.74, 6) is 0.669. The summed E-state index contributed by atoms with van der Waals surface area (Å²) in [5.41, 5.74) is 0.0156. The van der Waals surface area contributed by atoms with Crippen molar-refractivity contribution in [1.29, 1.82) is 0 Å². The number of nitrogens with zero attached hydrogens (tertiary/aromatic N) is 1. The zero-order chi connectivity index (χ0) is 16.0. The summed E-state index contributed by atoms with van der Waals surface area (Å²) in [4.78, 5) is 16.6. The Hall–Kier alpha value is -1.40. The van der Waals surface area contributed by atoms with E-state index in [1.165, 1.54) is 6.26 Å². The van der Waals surface area contributed by atoms with Crippen LogP contribution in [0, 0.1) is 0 Å². The fourth-order valence-corrected chi connectivity index (χ4v) is 2.72. The van der Waals surface area contributed by atoms with Gasteiger partial charge < -0.3 is 19.2 Å². The smallest absolute Gasteiger partial charge is 0.273 e. The van der Waals surface area contributed by atoms with E-state index in [0.717, 1.165) is 38.9 Å². The summed E-state index contributed by atoms with van der Waals surface area (Å²) in [6, 6.07) is 0. The predicted octanol–water partition coefficient (Wildman–Crippen LogP) is 2.50. The number of oxazole rings is 1. The molecule has 0 radical (unpaired) electrons. The first-order valence-electron chi connectivity index (χ1n) is 8.00. The van der Waals surface area contributed by atoms with Crippen molar-refractivity contribution in [3.8, 4) is 0 Å². The van der Waals surface area contributed by atoms with E-state index in [2.05, 4.69) is 24.1 Å².